The van der Waals surface area contributed by atoms with Crippen LogP contribution in [0.2, 0.25) is 0 Å². The van der Waals surface area contributed by atoms with Gasteiger partial charge in [0.1, 0.15) is 5.75 Å². The van der Waals surface area contributed by atoms with Crippen LogP contribution >= 0.6 is 11.3 Å². The summed E-state index contributed by atoms with van der Waals surface area (Å²) >= 11 is 1.11. The zero-order valence-electron chi connectivity index (χ0n) is 13.1. The van der Waals surface area contributed by atoms with Gasteiger partial charge in [-0.3, -0.25) is 9.10 Å². The average Bonchev–Trinajstić information content (AvgIpc) is 3.05. The van der Waals surface area contributed by atoms with Crippen molar-refractivity contribution in [2.75, 3.05) is 25.0 Å². The minimum Gasteiger partial charge on any atom is -0.497 e. The number of hydrogen-bond acceptors (Lipinski definition) is 5. The lowest BCUT2D eigenvalue weighted by molar-refractivity contribution is 0.0959. The third-order valence-corrected chi connectivity index (χ3v) is 6.07. The van der Waals surface area contributed by atoms with Crippen molar-refractivity contribution in [2.45, 2.75) is 11.8 Å². The van der Waals surface area contributed by atoms with Gasteiger partial charge in [-0.15, -0.1) is 11.3 Å². The van der Waals surface area contributed by atoms with E-state index in [0.29, 0.717) is 22.9 Å². The summed E-state index contributed by atoms with van der Waals surface area (Å²) < 4.78 is 31.5. The second-order valence-electron chi connectivity index (χ2n) is 4.68. The van der Waals surface area contributed by atoms with Gasteiger partial charge in [0.25, 0.3) is 15.9 Å². The SMILES string of the molecule is CCNC(=O)c1cc(S(=O)(=O)N(C)c2ccc(OC)cc2)cs1. The van der Waals surface area contributed by atoms with Crippen LogP contribution < -0.4 is 14.4 Å². The van der Waals surface area contributed by atoms with Crippen molar-refractivity contribution in [3.05, 3.63) is 40.6 Å². The molecule has 1 aromatic heterocycles. The fourth-order valence-electron chi connectivity index (χ4n) is 1.91. The van der Waals surface area contributed by atoms with Crippen LogP contribution in [0.3, 0.4) is 0 Å². The molecule has 124 valence electrons. The van der Waals surface area contributed by atoms with Gasteiger partial charge >= 0.3 is 0 Å². The molecule has 0 aliphatic rings. The number of anilines is 1. The average molecular weight is 354 g/mol. The molecule has 8 heteroatoms. The fraction of sp³-hybridized carbons (Fsp3) is 0.267. The molecule has 0 aliphatic heterocycles. The van der Waals surface area contributed by atoms with Crippen LogP contribution in [0.5, 0.6) is 5.75 Å². The van der Waals surface area contributed by atoms with Crippen LogP contribution in [0.4, 0.5) is 5.69 Å². The lowest BCUT2D eigenvalue weighted by Crippen LogP contribution is -2.26. The number of hydrogen-bond donors (Lipinski definition) is 1. The first-order chi connectivity index (χ1) is 10.9. The summed E-state index contributed by atoms with van der Waals surface area (Å²) in [7, 11) is -0.698. The van der Waals surface area contributed by atoms with E-state index in [0.717, 1.165) is 11.3 Å². The third kappa shape index (κ3) is 3.65. The van der Waals surface area contributed by atoms with E-state index in [4.69, 9.17) is 4.74 Å². The quantitative estimate of drug-likeness (QED) is 0.864. The van der Waals surface area contributed by atoms with E-state index in [2.05, 4.69) is 5.32 Å². The molecule has 0 atom stereocenters. The Morgan fingerprint density at radius 2 is 1.96 bits per heavy atom. The Morgan fingerprint density at radius 1 is 1.30 bits per heavy atom. The molecule has 2 aromatic rings. The molecule has 0 saturated carbocycles. The molecule has 0 aliphatic carbocycles. The van der Waals surface area contributed by atoms with Gasteiger partial charge in [0, 0.05) is 19.0 Å². The summed E-state index contributed by atoms with van der Waals surface area (Å²) in [4.78, 5) is 12.2. The minimum atomic E-state index is -3.72. The van der Waals surface area contributed by atoms with Crippen LogP contribution in [-0.4, -0.2) is 35.0 Å². The van der Waals surface area contributed by atoms with Gasteiger partial charge in [-0.25, -0.2) is 8.42 Å². The standard InChI is InChI=1S/C15H18N2O4S2/c1-4-16-15(18)14-9-13(10-22-14)23(19,20)17(2)11-5-7-12(21-3)8-6-11/h5-10H,4H2,1-3H3,(H,16,18). The van der Waals surface area contributed by atoms with Crippen LogP contribution in [0.1, 0.15) is 16.6 Å². The number of benzene rings is 1. The number of carbonyl (C=O) groups excluding carboxylic acids is 1. The van der Waals surface area contributed by atoms with Crippen LogP contribution in [0, 0.1) is 0 Å². The number of nitrogens with zero attached hydrogens (tertiary/aromatic N) is 1. The van der Waals surface area contributed by atoms with Crippen LogP contribution in [-0.2, 0) is 10.0 Å². The largest absolute Gasteiger partial charge is 0.497 e. The highest BCUT2D eigenvalue weighted by Gasteiger charge is 2.24. The Balaban J connectivity index is 2.28. The molecule has 0 bridgehead atoms. The van der Waals surface area contributed by atoms with Crippen molar-refractivity contribution < 1.29 is 17.9 Å². The molecule has 0 fully saturated rings. The van der Waals surface area contributed by atoms with Crippen molar-refractivity contribution in [3.63, 3.8) is 0 Å². The number of nitrogens with one attached hydrogen (secondary N) is 1. The van der Waals surface area contributed by atoms with E-state index < -0.39 is 10.0 Å². The lowest BCUT2D eigenvalue weighted by Gasteiger charge is -2.18. The number of ether oxygens (including phenoxy) is 1. The molecule has 1 heterocycles. The maximum Gasteiger partial charge on any atom is 0.264 e. The van der Waals surface area contributed by atoms with Gasteiger partial charge < -0.3 is 10.1 Å². The Bertz CT molecular complexity index is 782. The number of rotatable bonds is 6. The van der Waals surface area contributed by atoms with Gasteiger partial charge in [-0.05, 0) is 37.3 Å². The number of amides is 1. The first-order valence-corrected chi connectivity index (χ1v) is 9.21. The zero-order chi connectivity index (χ0) is 17.0. The summed E-state index contributed by atoms with van der Waals surface area (Å²) in [5, 5.41) is 4.12. The third-order valence-electron chi connectivity index (χ3n) is 3.23. The van der Waals surface area contributed by atoms with Crippen molar-refractivity contribution in [1.29, 1.82) is 0 Å². The Labute approximate surface area is 139 Å². The summed E-state index contributed by atoms with van der Waals surface area (Å²) in [6, 6.07) is 8.09. The molecule has 1 amide bonds. The number of thiophene rings is 1. The van der Waals surface area contributed by atoms with Crippen molar-refractivity contribution >= 4 is 33.0 Å². The molecule has 0 spiro atoms. The topological polar surface area (TPSA) is 75.7 Å². The Hall–Kier alpha value is -2.06. The second-order valence-corrected chi connectivity index (χ2v) is 7.56. The number of sulfonamides is 1. The van der Waals surface area contributed by atoms with Crippen molar-refractivity contribution in [2.24, 2.45) is 0 Å². The van der Waals surface area contributed by atoms with E-state index in [1.54, 1.807) is 38.3 Å². The molecule has 0 saturated heterocycles. The maximum atomic E-state index is 12.7. The number of carbonyl (C=O) groups is 1. The lowest BCUT2D eigenvalue weighted by atomic mass is 10.3. The van der Waals surface area contributed by atoms with Crippen LogP contribution in [0.15, 0.2) is 40.6 Å². The molecule has 2 rings (SSSR count). The Kier molecular flexibility index (Phi) is 5.27. The van der Waals surface area contributed by atoms with E-state index in [1.165, 1.54) is 22.8 Å². The summed E-state index contributed by atoms with van der Waals surface area (Å²) in [5.41, 5.74) is 0.511. The fourth-order valence-corrected chi connectivity index (χ4v) is 4.28. The first kappa shape index (κ1) is 17.3. The van der Waals surface area contributed by atoms with E-state index in [-0.39, 0.29) is 10.8 Å². The normalized spacial score (nSPS) is 11.1. The van der Waals surface area contributed by atoms with Gasteiger partial charge in [-0.1, -0.05) is 0 Å². The van der Waals surface area contributed by atoms with Crippen LogP contribution in [0.25, 0.3) is 0 Å². The van der Waals surface area contributed by atoms with Crippen molar-refractivity contribution in [1.82, 2.24) is 5.32 Å². The van der Waals surface area contributed by atoms with Gasteiger partial charge in [0.05, 0.1) is 22.6 Å². The minimum absolute atomic E-state index is 0.0991. The number of methoxy groups -OCH3 is 1. The summed E-state index contributed by atoms with van der Waals surface area (Å²) in [6.45, 7) is 2.30. The maximum absolute atomic E-state index is 12.7. The molecule has 6 nitrogen and oxygen atoms in total. The summed E-state index contributed by atoms with van der Waals surface area (Å²) in [5.74, 6) is 0.375. The monoisotopic (exact) mass is 354 g/mol. The molecule has 1 N–H and O–H groups in total. The highest BCUT2D eigenvalue weighted by Crippen LogP contribution is 2.27. The van der Waals surface area contributed by atoms with E-state index >= 15 is 0 Å². The van der Waals surface area contributed by atoms with E-state index in [9.17, 15) is 13.2 Å². The second kappa shape index (κ2) is 7.01. The molecular formula is C15H18N2O4S2. The van der Waals surface area contributed by atoms with E-state index in [1.807, 2.05) is 0 Å². The molecular weight excluding hydrogens is 336 g/mol. The molecule has 0 radical (unpaired) electrons. The van der Waals surface area contributed by atoms with Crippen molar-refractivity contribution in [3.8, 4) is 5.75 Å². The molecule has 1 aromatic carbocycles. The highest BCUT2D eigenvalue weighted by atomic mass is 32.2. The smallest absolute Gasteiger partial charge is 0.264 e. The zero-order valence-corrected chi connectivity index (χ0v) is 14.7. The predicted octanol–water partition coefficient (Wildman–Crippen LogP) is 2.33. The van der Waals surface area contributed by atoms with Gasteiger partial charge in [-0.2, -0.15) is 0 Å². The predicted molar refractivity (Wildman–Crippen MR) is 90.9 cm³/mol. The molecule has 0 unspecified atom stereocenters. The highest BCUT2D eigenvalue weighted by molar-refractivity contribution is 7.93. The molecule has 23 heavy (non-hydrogen) atoms. The summed E-state index contributed by atoms with van der Waals surface area (Å²) in [6.07, 6.45) is 0. The Morgan fingerprint density at radius 3 is 2.52 bits per heavy atom. The van der Waals surface area contributed by atoms with Gasteiger partial charge in [0.15, 0.2) is 0 Å². The van der Waals surface area contributed by atoms with Gasteiger partial charge in [0.2, 0.25) is 0 Å². The first-order valence-electron chi connectivity index (χ1n) is 6.90.